The molecule has 0 fully saturated rings. The van der Waals surface area contributed by atoms with E-state index >= 15 is 0 Å². The molecule has 0 spiro atoms. The van der Waals surface area contributed by atoms with E-state index in [1.54, 1.807) is 4.90 Å². The molecule has 0 heterocycles. The summed E-state index contributed by atoms with van der Waals surface area (Å²) in [4.78, 5) is 26.5. The Morgan fingerprint density at radius 1 is 1.00 bits per heavy atom. The fraction of sp³-hybridized carbons (Fsp3) is 0.368. The minimum absolute atomic E-state index is 0.0877. The third-order valence-electron chi connectivity index (χ3n) is 3.71. The van der Waals surface area contributed by atoms with Crippen LogP contribution in [0.15, 0.2) is 42.5 Å². The fourth-order valence-corrected chi connectivity index (χ4v) is 2.60. The van der Waals surface area contributed by atoms with Gasteiger partial charge in [0.1, 0.15) is 0 Å². The lowest BCUT2D eigenvalue weighted by Crippen LogP contribution is -2.41. The van der Waals surface area contributed by atoms with E-state index in [1.807, 2.05) is 56.3 Å². The molecule has 0 unspecified atom stereocenters. The number of fused-ring (bicyclic) bond motifs is 1. The second-order valence-corrected chi connectivity index (χ2v) is 5.60. The predicted octanol–water partition coefficient (Wildman–Crippen LogP) is 3.22. The number of nitrogens with zero attached hydrogens (tertiary/aromatic N) is 1. The number of amides is 2. The van der Waals surface area contributed by atoms with Gasteiger partial charge in [0.2, 0.25) is 5.91 Å². The van der Waals surface area contributed by atoms with Gasteiger partial charge in [0.15, 0.2) is 0 Å². The van der Waals surface area contributed by atoms with Crippen LogP contribution in [0.1, 0.15) is 37.0 Å². The molecular formula is C19H24N2O2. The average Bonchev–Trinajstić information content (AvgIpc) is 2.58. The maximum absolute atomic E-state index is 12.9. The molecule has 0 saturated carbocycles. The van der Waals surface area contributed by atoms with Crippen molar-refractivity contribution in [2.45, 2.75) is 26.7 Å². The molecule has 122 valence electrons. The molecule has 4 heteroatoms. The summed E-state index contributed by atoms with van der Waals surface area (Å²) in [7, 11) is 0. The van der Waals surface area contributed by atoms with Gasteiger partial charge in [0.25, 0.3) is 5.91 Å². The van der Waals surface area contributed by atoms with Crippen LogP contribution in [0.25, 0.3) is 10.8 Å². The van der Waals surface area contributed by atoms with Crippen LogP contribution in [0.5, 0.6) is 0 Å². The molecule has 0 aliphatic rings. The van der Waals surface area contributed by atoms with E-state index in [0.717, 1.165) is 23.6 Å². The number of nitrogens with one attached hydrogen (secondary N) is 1. The highest BCUT2D eigenvalue weighted by atomic mass is 16.2. The molecule has 0 aliphatic carbocycles. The number of benzene rings is 2. The number of hydrogen-bond donors (Lipinski definition) is 1. The Balaban J connectivity index is 2.24. The molecule has 2 aromatic carbocycles. The molecule has 0 aliphatic heterocycles. The Labute approximate surface area is 137 Å². The maximum atomic E-state index is 12.9. The molecule has 2 amide bonds. The summed E-state index contributed by atoms with van der Waals surface area (Å²) < 4.78 is 0. The summed E-state index contributed by atoms with van der Waals surface area (Å²) in [5.74, 6) is -0.191. The van der Waals surface area contributed by atoms with Gasteiger partial charge in [-0.05, 0) is 29.7 Å². The van der Waals surface area contributed by atoms with Gasteiger partial charge in [-0.1, -0.05) is 50.2 Å². The topological polar surface area (TPSA) is 49.4 Å². The van der Waals surface area contributed by atoms with E-state index in [-0.39, 0.29) is 18.4 Å². The minimum atomic E-state index is -0.103. The van der Waals surface area contributed by atoms with Crippen LogP contribution in [-0.2, 0) is 4.79 Å². The van der Waals surface area contributed by atoms with Gasteiger partial charge >= 0.3 is 0 Å². The summed E-state index contributed by atoms with van der Waals surface area (Å²) in [6.45, 7) is 5.33. The van der Waals surface area contributed by atoms with Crippen LogP contribution in [0, 0.1) is 0 Å². The first-order valence-corrected chi connectivity index (χ1v) is 8.21. The third kappa shape index (κ3) is 4.31. The van der Waals surface area contributed by atoms with Crippen LogP contribution in [0.2, 0.25) is 0 Å². The van der Waals surface area contributed by atoms with Gasteiger partial charge in [0.05, 0.1) is 6.54 Å². The first-order valence-electron chi connectivity index (χ1n) is 8.21. The quantitative estimate of drug-likeness (QED) is 0.853. The molecule has 0 atom stereocenters. The number of carbonyl (C=O) groups is 2. The molecule has 23 heavy (non-hydrogen) atoms. The molecule has 0 radical (unpaired) electrons. The Morgan fingerprint density at radius 3 is 2.48 bits per heavy atom. The zero-order valence-corrected chi connectivity index (χ0v) is 13.8. The van der Waals surface area contributed by atoms with Crippen molar-refractivity contribution in [1.29, 1.82) is 0 Å². The first kappa shape index (κ1) is 17.0. The molecule has 2 aromatic rings. The number of rotatable bonds is 7. The molecule has 1 N–H and O–H groups in total. The molecule has 2 rings (SSSR count). The largest absolute Gasteiger partial charge is 0.355 e. The molecular weight excluding hydrogens is 288 g/mol. The van der Waals surface area contributed by atoms with E-state index in [9.17, 15) is 9.59 Å². The van der Waals surface area contributed by atoms with Crippen LogP contribution in [-0.4, -0.2) is 36.3 Å². The fourth-order valence-electron chi connectivity index (χ4n) is 2.60. The van der Waals surface area contributed by atoms with Gasteiger partial charge in [0, 0.05) is 18.7 Å². The standard InChI is InChI=1S/C19H24N2O2/c1-3-12-20-18(22)14-21(13-4-2)19(23)17-11-7-9-15-8-5-6-10-16(15)17/h5-11H,3-4,12-14H2,1-2H3,(H,20,22). The zero-order chi connectivity index (χ0) is 16.7. The summed E-state index contributed by atoms with van der Waals surface area (Å²) in [5.41, 5.74) is 0.653. The van der Waals surface area contributed by atoms with Crippen LogP contribution in [0.4, 0.5) is 0 Å². The predicted molar refractivity (Wildman–Crippen MR) is 93.4 cm³/mol. The molecule has 0 saturated heterocycles. The second kappa shape index (κ2) is 8.32. The lowest BCUT2D eigenvalue weighted by molar-refractivity contribution is -0.121. The summed E-state index contributed by atoms with van der Waals surface area (Å²) >= 11 is 0. The average molecular weight is 312 g/mol. The van der Waals surface area contributed by atoms with Gasteiger partial charge in [-0.3, -0.25) is 9.59 Å². The Kier molecular flexibility index (Phi) is 6.15. The van der Waals surface area contributed by atoms with Crippen molar-refractivity contribution >= 4 is 22.6 Å². The summed E-state index contributed by atoms with van der Waals surface area (Å²) in [5, 5.41) is 4.79. The van der Waals surface area contributed by atoms with Crippen LogP contribution >= 0.6 is 0 Å². The van der Waals surface area contributed by atoms with E-state index in [2.05, 4.69) is 5.32 Å². The van der Waals surface area contributed by atoms with E-state index in [0.29, 0.717) is 18.7 Å². The Hall–Kier alpha value is -2.36. The van der Waals surface area contributed by atoms with Crippen molar-refractivity contribution in [3.8, 4) is 0 Å². The third-order valence-corrected chi connectivity index (χ3v) is 3.71. The van der Waals surface area contributed by atoms with Gasteiger partial charge in [-0.2, -0.15) is 0 Å². The maximum Gasteiger partial charge on any atom is 0.254 e. The Bertz CT molecular complexity index is 677. The first-order chi connectivity index (χ1) is 11.2. The van der Waals surface area contributed by atoms with Gasteiger partial charge in [-0.25, -0.2) is 0 Å². The molecule has 0 bridgehead atoms. The number of hydrogen-bond acceptors (Lipinski definition) is 2. The van der Waals surface area contributed by atoms with Crippen molar-refractivity contribution in [3.05, 3.63) is 48.0 Å². The Morgan fingerprint density at radius 2 is 1.74 bits per heavy atom. The lowest BCUT2D eigenvalue weighted by atomic mass is 10.0. The molecule has 4 nitrogen and oxygen atoms in total. The summed E-state index contributed by atoms with van der Waals surface area (Å²) in [6.07, 6.45) is 1.70. The highest BCUT2D eigenvalue weighted by Gasteiger charge is 2.19. The highest BCUT2D eigenvalue weighted by molar-refractivity contribution is 6.07. The summed E-state index contributed by atoms with van der Waals surface area (Å²) in [6, 6.07) is 13.5. The van der Waals surface area contributed by atoms with E-state index in [4.69, 9.17) is 0 Å². The van der Waals surface area contributed by atoms with Crippen LogP contribution < -0.4 is 5.32 Å². The van der Waals surface area contributed by atoms with E-state index in [1.165, 1.54) is 0 Å². The van der Waals surface area contributed by atoms with Crippen molar-refractivity contribution in [2.24, 2.45) is 0 Å². The van der Waals surface area contributed by atoms with Crippen LogP contribution in [0.3, 0.4) is 0 Å². The SMILES string of the molecule is CCCNC(=O)CN(CCC)C(=O)c1cccc2ccccc12. The van der Waals surface area contributed by atoms with Crippen molar-refractivity contribution in [1.82, 2.24) is 10.2 Å². The van der Waals surface area contributed by atoms with Crippen molar-refractivity contribution in [2.75, 3.05) is 19.6 Å². The van der Waals surface area contributed by atoms with E-state index < -0.39 is 0 Å². The second-order valence-electron chi connectivity index (χ2n) is 5.60. The normalized spacial score (nSPS) is 10.5. The lowest BCUT2D eigenvalue weighted by Gasteiger charge is -2.22. The minimum Gasteiger partial charge on any atom is -0.355 e. The monoisotopic (exact) mass is 312 g/mol. The van der Waals surface area contributed by atoms with Crippen molar-refractivity contribution in [3.63, 3.8) is 0 Å². The van der Waals surface area contributed by atoms with Gasteiger partial charge in [-0.15, -0.1) is 0 Å². The molecule has 0 aromatic heterocycles. The van der Waals surface area contributed by atoms with Gasteiger partial charge < -0.3 is 10.2 Å². The smallest absolute Gasteiger partial charge is 0.254 e. The highest BCUT2D eigenvalue weighted by Crippen LogP contribution is 2.20. The zero-order valence-electron chi connectivity index (χ0n) is 13.8. The number of carbonyl (C=O) groups excluding carboxylic acids is 2. The van der Waals surface area contributed by atoms with Crippen molar-refractivity contribution < 1.29 is 9.59 Å².